The standard InChI is InChI=1S/C13H16F3NO/c14-13(15,16)5-7-17-6-3-10-1-2-12-11(9-10)4-8-18-12/h1-2,9,17H,3-8H2. The van der Waals surface area contributed by atoms with Gasteiger partial charge >= 0.3 is 6.18 Å². The van der Waals surface area contributed by atoms with Crippen LogP contribution in [0.2, 0.25) is 0 Å². The Morgan fingerprint density at radius 2 is 2.06 bits per heavy atom. The molecule has 0 amide bonds. The summed E-state index contributed by atoms with van der Waals surface area (Å²) in [7, 11) is 0. The van der Waals surface area contributed by atoms with E-state index in [0.717, 1.165) is 30.8 Å². The number of fused-ring (bicyclic) bond motifs is 1. The highest BCUT2D eigenvalue weighted by atomic mass is 19.4. The summed E-state index contributed by atoms with van der Waals surface area (Å²) in [6.45, 7) is 1.27. The van der Waals surface area contributed by atoms with Gasteiger partial charge in [-0.1, -0.05) is 12.1 Å². The summed E-state index contributed by atoms with van der Waals surface area (Å²) < 4.78 is 41.1. The van der Waals surface area contributed by atoms with Crippen LogP contribution in [0.1, 0.15) is 17.5 Å². The first-order valence-corrected chi connectivity index (χ1v) is 6.07. The maximum Gasteiger partial charge on any atom is 0.390 e. The molecule has 1 N–H and O–H groups in total. The lowest BCUT2D eigenvalue weighted by atomic mass is 10.1. The van der Waals surface area contributed by atoms with Gasteiger partial charge in [0.05, 0.1) is 13.0 Å². The molecular weight excluding hydrogens is 243 g/mol. The summed E-state index contributed by atoms with van der Waals surface area (Å²) >= 11 is 0. The van der Waals surface area contributed by atoms with Crippen molar-refractivity contribution in [2.24, 2.45) is 0 Å². The summed E-state index contributed by atoms with van der Waals surface area (Å²) in [5, 5.41) is 2.81. The summed E-state index contributed by atoms with van der Waals surface area (Å²) in [6, 6.07) is 5.98. The molecule has 0 radical (unpaired) electrons. The average Bonchev–Trinajstić information content (AvgIpc) is 2.74. The lowest BCUT2D eigenvalue weighted by Crippen LogP contribution is -2.23. The second-order valence-corrected chi connectivity index (χ2v) is 4.41. The van der Waals surface area contributed by atoms with Crippen LogP contribution in [0.5, 0.6) is 5.75 Å². The van der Waals surface area contributed by atoms with Crippen LogP contribution < -0.4 is 10.1 Å². The molecule has 0 fully saturated rings. The van der Waals surface area contributed by atoms with Crippen LogP contribution in [-0.4, -0.2) is 25.9 Å². The van der Waals surface area contributed by atoms with Crippen molar-refractivity contribution in [1.29, 1.82) is 0 Å². The molecule has 0 unspecified atom stereocenters. The highest BCUT2D eigenvalue weighted by Crippen LogP contribution is 2.25. The molecule has 100 valence electrons. The Morgan fingerprint density at radius 1 is 1.22 bits per heavy atom. The van der Waals surface area contributed by atoms with Crippen LogP contribution in [-0.2, 0) is 12.8 Å². The average molecular weight is 259 g/mol. The van der Waals surface area contributed by atoms with E-state index in [-0.39, 0.29) is 6.54 Å². The monoisotopic (exact) mass is 259 g/mol. The summed E-state index contributed by atoms with van der Waals surface area (Å²) in [5.41, 5.74) is 2.33. The van der Waals surface area contributed by atoms with Gasteiger partial charge in [0.15, 0.2) is 0 Å². The highest BCUT2D eigenvalue weighted by Gasteiger charge is 2.25. The first-order chi connectivity index (χ1) is 8.54. The van der Waals surface area contributed by atoms with E-state index in [1.54, 1.807) is 0 Å². The maximum absolute atomic E-state index is 11.9. The van der Waals surface area contributed by atoms with Gasteiger partial charge in [0.2, 0.25) is 0 Å². The third-order valence-corrected chi connectivity index (χ3v) is 2.93. The molecule has 1 aromatic rings. The fraction of sp³-hybridized carbons (Fsp3) is 0.538. The minimum absolute atomic E-state index is 0.0163. The van der Waals surface area contributed by atoms with Gasteiger partial charge in [-0.3, -0.25) is 0 Å². The molecule has 0 bridgehead atoms. The molecule has 18 heavy (non-hydrogen) atoms. The van der Waals surface area contributed by atoms with Gasteiger partial charge in [-0.25, -0.2) is 0 Å². The predicted molar refractivity (Wildman–Crippen MR) is 62.9 cm³/mol. The fourth-order valence-corrected chi connectivity index (χ4v) is 1.98. The molecule has 2 rings (SSSR count). The highest BCUT2D eigenvalue weighted by molar-refractivity contribution is 5.39. The SMILES string of the molecule is FC(F)(F)CCNCCc1ccc2c(c1)CCO2. The first-order valence-electron chi connectivity index (χ1n) is 6.07. The number of nitrogens with one attached hydrogen (secondary N) is 1. The minimum atomic E-state index is -4.07. The molecule has 0 spiro atoms. The van der Waals surface area contributed by atoms with E-state index in [4.69, 9.17) is 4.74 Å². The fourth-order valence-electron chi connectivity index (χ4n) is 1.98. The number of hydrogen-bond donors (Lipinski definition) is 1. The summed E-state index contributed by atoms with van der Waals surface area (Å²) in [5.74, 6) is 0.934. The van der Waals surface area contributed by atoms with Crippen LogP contribution in [0.4, 0.5) is 13.2 Å². The zero-order chi connectivity index (χ0) is 13.0. The number of hydrogen-bond acceptors (Lipinski definition) is 2. The molecule has 1 aliphatic rings. The van der Waals surface area contributed by atoms with Crippen molar-refractivity contribution in [2.45, 2.75) is 25.4 Å². The van der Waals surface area contributed by atoms with Crippen LogP contribution in [0.25, 0.3) is 0 Å². The summed E-state index contributed by atoms with van der Waals surface area (Å²) in [4.78, 5) is 0. The Morgan fingerprint density at radius 3 is 2.83 bits per heavy atom. The third kappa shape index (κ3) is 3.91. The maximum atomic E-state index is 11.9. The Labute approximate surface area is 104 Å². The molecule has 0 atom stereocenters. The smallest absolute Gasteiger partial charge is 0.390 e. The zero-order valence-corrected chi connectivity index (χ0v) is 10.0. The minimum Gasteiger partial charge on any atom is -0.493 e. The van der Waals surface area contributed by atoms with Crippen LogP contribution in [0.15, 0.2) is 18.2 Å². The molecular formula is C13H16F3NO. The van der Waals surface area contributed by atoms with Gasteiger partial charge in [0.25, 0.3) is 0 Å². The van der Waals surface area contributed by atoms with E-state index in [0.29, 0.717) is 6.54 Å². The molecule has 1 aromatic carbocycles. The number of ether oxygens (including phenoxy) is 1. The first kappa shape index (κ1) is 13.2. The van der Waals surface area contributed by atoms with E-state index in [1.807, 2.05) is 12.1 Å². The number of rotatable bonds is 5. The van der Waals surface area contributed by atoms with Crippen molar-refractivity contribution in [3.8, 4) is 5.75 Å². The predicted octanol–water partition coefficient (Wildman–Crippen LogP) is 2.71. The van der Waals surface area contributed by atoms with E-state index >= 15 is 0 Å². The zero-order valence-electron chi connectivity index (χ0n) is 10.0. The van der Waals surface area contributed by atoms with Crippen molar-refractivity contribution in [1.82, 2.24) is 5.32 Å². The molecule has 1 aliphatic heterocycles. The summed E-state index contributed by atoms with van der Waals surface area (Å²) in [6.07, 6.45) is -3.18. The van der Waals surface area contributed by atoms with E-state index in [2.05, 4.69) is 11.4 Å². The Hall–Kier alpha value is -1.23. The molecule has 0 saturated heterocycles. The molecule has 0 aromatic heterocycles. The van der Waals surface area contributed by atoms with Gasteiger partial charge in [-0.05, 0) is 30.2 Å². The van der Waals surface area contributed by atoms with Gasteiger partial charge < -0.3 is 10.1 Å². The molecule has 0 aliphatic carbocycles. The van der Waals surface area contributed by atoms with E-state index in [9.17, 15) is 13.2 Å². The van der Waals surface area contributed by atoms with Gasteiger partial charge in [-0.15, -0.1) is 0 Å². The largest absolute Gasteiger partial charge is 0.493 e. The molecule has 0 saturated carbocycles. The lowest BCUT2D eigenvalue weighted by Gasteiger charge is -2.08. The topological polar surface area (TPSA) is 21.3 Å². The molecule has 5 heteroatoms. The van der Waals surface area contributed by atoms with Gasteiger partial charge in [-0.2, -0.15) is 13.2 Å². The van der Waals surface area contributed by atoms with Crippen molar-refractivity contribution < 1.29 is 17.9 Å². The van der Waals surface area contributed by atoms with Crippen LogP contribution >= 0.6 is 0 Å². The number of alkyl halides is 3. The van der Waals surface area contributed by atoms with Crippen molar-refractivity contribution in [3.05, 3.63) is 29.3 Å². The van der Waals surface area contributed by atoms with E-state index in [1.165, 1.54) is 5.56 Å². The van der Waals surface area contributed by atoms with Crippen LogP contribution in [0.3, 0.4) is 0 Å². The second kappa shape index (κ2) is 5.61. The quantitative estimate of drug-likeness (QED) is 0.821. The van der Waals surface area contributed by atoms with Crippen LogP contribution in [0, 0.1) is 0 Å². The number of benzene rings is 1. The van der Waals surface area contributed by atoms with E-state index < -0.39 is 12.6 Å². The van der Waals surface area contributed by atoms with Crippen molar-refractivity contribution in [3.63, 3.8) is 0 Å². The Bertz CT molecular complexity index is 404. The number of halogens is 3. The second-order valence-electron chi connectivity index (χ2n) is 4.41. The van der Waals surface area contributed by atoms with Crippen molar-refractivity contribution >= 4 is 0 Å². The van der Waals surface area contributed by atoms with Gasteiger partial charge in [0, 0.05) is 13.0 Å². The molecule has 2 nitrogen and oxygen atoms in total. The van der Waals surface area contributed by atoms with Crippen molar-refractivity contribution in [2.75, 3.05) is 19.7 Å². The third-order valence-electron chi connectivity index (χ3n) is 2.93. The Balaban J connectivity index is 1.71. The molecule has 1 heterocycles. The normalized spacial score (nSPS) is 14.4. The Kier molecular flexibility index (Phi) is 4.11. The van der Waals surface area contributed by atoms with Gasteiger partial charge in [0.1, 0.15) is 5.75 Å². The lowest BCUT2D eigenvalue weighted by molar-refractivity contribution is -0.133.